The molecule has 0 aliphatic carbocycles. The highest BCUT2D eigenvalue weighted by Gasteiger charge is 2.17. The van der Waals surface area contributed by atoms with Crippen LogP contribution in [0.3, 0.4) is 0 Å². The van der Waals surface area contributed by atoms with Crippen molar-refractivity contribution in [1.82, 2.24) is 4.90 Å². The molecular formula is C12H15BrFNO. The number of hydrogen-bond acceptors (Lipinski definition) is 1. The zero-order valence-corrected chi connectivity index (χ0v) is 11.1. The van der Waals surface area contributed by atoms with Crippen LogP contribution < -0.4 is 0 Å². The van der Waals surface area contributed by atoms with Crippen LogP contribution in [-0.2, 0) is 0 Å². The highest BCUT2D eigenvalue weighted by atomic mass is 79.9. The van der Waals surface area contributed by atoms with E-state index in [-0.39, 0.29) is 11.5 Å². The summed E-state index contributed by atoms with van der Waals surface area (Å²) in [5.41, 5.74) is 1.04. The minimum absolute atomic E-state index is 0.155. The molecule has 0 aromatic heterocycles. The first-order valence-electron chi connectivity index (χ1n) is 5.21. The molecule has 0 aliphatic rings. The number of carbonyl (C=O) groups excluding carboxylic acids is 1. The molecule has 1 rings (SSSR count). The third kappa shape index (κ3) is 3.04. The van der Waals surface area contributed by atoms with Crippen LogP contribution in [0.15, 0.2) is 18.2 Å². The van der Waals surface area contributed by atoms with Crippen molar-refractivity contribution >= 4 is 21.8 Å². The average molecular weight is 288 g/mol. The maximum Gasteiger partial charge on any atom is 0.256 e. The molecule has 0 spiro atoms. The summed E-state index contributed by atoms with van der Waals surface area (Å²) in [6.07, 6.45) is 0. The van der Waals surface area contributed by atoms with Crippen LogP contribution in [0.5, 0.6) is 0 Å². The maximum atomic E-state index is 13.5. The first-order chi connectivity index (χ1) is 7.60. The van der Waals surface area contributed by atoms with E-state index < -0.39 is 5.82 Å². The molecule has 1 amide bonds. The van der Waals surface area contributed by atoms with Crippen LogP contribution in [0.1, 0.15) is 22.8 Å². The molecule has 0 fully saturated rings. The van der Waals surface area contributed by atoms with Crippen LogP contribution in [0, 0.1) is 12.7 Å². The average Bonchev–Trinajstić information content (AvgIpc) is 2.28. The highest BCUT2D eigenvalue weighted by Crippen LogP contribution is 2.13. The summed E-state index contributed by atoms with van der Waals surface area (Å²) in [4.78, 5) is 13.6. The zero-order valence-electron chi connectivity index (χ0n) is 9.46. The third-order valence-electron chi connectivity index (χ3n) is 2.38. The van der Waals surface area contributed by atoms with Gasteiger partial charge in [0.2, 0.25) is 0 Å². The molecule has 0 radical (unpaired) electrons. The van der Waals surface area contributed by atoms with Gasteiger partial charge in [0.25, 0.3) is 5.91 Å². The standard InChI is InChI=1S/C12H15BrFNO/c1-3-15(7-6-13)12(16)10-8-9(2)4-5-11(10)14/h4-5,8H,3,6-7H2,1-2H3. The van der Waals surface area contributed by atoms with E-state index in [9.17, 15) is 9.18 Å². The molecule has 0 aliphatic heterocycles. The SMILES string of the molecule is CCN(CCBr)C(=O)c1cc(C)ccc1F. The minimum atomic E-state index is -0.455. The van der Waals surface area contributed by atoms with E-state index in [1.54, 1.807) is 17.0 Å². The van der Waals surface area contributed by atoms with E-state index in [1.165, 1.54) is 6.07 Å². The van der Waals surface area contributed by atoms with Gasteiger partial charge >= 0.3 is 0 Å². The second-order valence-electron chi connectivity index (χ2n) is 3.56. The number of rotatable bonds is 4. The zero-order chi connectivity index (χ0) is 12.1. The predicted molar refractivity (Wildman–Crippen MR) is 66.5 cm³/mol. The van der Waals surface area contributed by atoms with Crippen molar-refractivity contribution in [2.24, 2.45) is 0 Å². The molecule has 0 heterocycles. The molecule has 0 unspecified atom stereocenters. The molecule has 1 aromatic rings. The van der Waals surface area contributed by atoms with Crippen LogP contribution >= 0.6 is 15.9 Å². The lowest BCUT2D eigenvalue weighted by Crippen LogP contribution is -2.33. The second-order valence-corrected chi connectivity index (χ2v) is 4.35. The topological polar surface area (TPSA) is 20.3 Å². The van der Waals surface area contributed by atoms with E-state index in [2.05, 4.69) is 15.9 Å². The van der Waals surface area contributed by atoms with Crippen molar-refractivity contribution in [3.05, 3.63) is 35.1 Å². The summed E-state index contributed by atoms with van der Waals surface area (Å²) in [5, 5.41) is 0.694. The van der Waals surface area contributed by atoms with E-state index in [0.29, 0.717) is 18.4 Å². The van der Waals surface area contributed by atoms with Gasteiger partial charge in [0.05, 0.1) is 5.56 Å². The van der Waals surface area contributed by atoms with Crippen molar-refractivity contribution < 1.29 is 9.18 Å². The van der Waals surface area contributed by atoms with Crippen LogP contribution in [0.25, 0.3) is 0 Å². The fraction of sp³-hybridized carbons (Fsp3) is 0.417. The number of amides is 1. The maximum absolute atomic E-state index is 13.5. The number of aryl methyl sites for hydroxylation is 1. The summed E-state index contributed by atoms with van der Waals surface area (Å²) in [6.45, 7) is 4.89. The van der Waals surface area contributed by atoms with Crippen molar-refractivity contribution in [2.75, 3.05) is 18.4 Å². The molecule has 16 heavy (non-hydrogen) atoms. The van der Waals surface area contributed by atoms with Gasteiger partial charge < -0.3 is 4.90 Å². The van der Waals surface area contributed by atoms with Gasteiger partial charge in [0.1, 0.15) is 5.82 Å². The van der Waals surface area contributed by atoms with Crippen LogP contribution in [0.2, 0.25) is 0 Å². The van der Waals surface area contributed by atoms with Gasteiger partial charge in [-0.05, 0) is 26.0 Å². The van der Waals surface area contributed by atoms with E-state index >= 15 is 0 Å². The Morgan fingerprint density at radius 1 is 1.50 bits per heavy atom. The monoisotopic (exact) mass is 287 g/mol. The first-order valence-corrected chi connectivity index (χ1v) is 6.33. The number of hydrogen-bond donors (Lipinski definition) is 0. The van der Waals surface area contributed by atoms with E-state index in [0.717, 1.165) is 5.56 Å². The Balaban J connectivity index is 2.98. The Morgan fingerprint density at radius 3 is 2.75 bits per heavy atom. The van der Waals surface area contributed by atoms with Gasteiger partial charge in [-0.3, -0.25) is 4.79 Å². The van der Waals surface area contributed by atoms with Crippen LogP contribution in [0.4, 0.5) is 4.39 Å². The predicted octanol–water partition coefficient (Wildman–Crippen LogP) is 2.99. The van der Waals surface area contributed by atoms with Gasteiger partial charge in [-0.25, -0.2) is 4.39 Å². The summed E-state index contributed by atoms with van der Waals surface area (Å²) in [5.74, 6) is -0.702. The van der Waals surface area contributed by atoms with Crippen molar-refractivity contribution in [3.8, 4) is 0 Å². The molecule has 2 nitrogen and oxygen atoms in total. The van der Waals surface area contributed by atoms with Gasteiger partial charge in [0, 0.05) is 18.4 Å². The Labute approximate surface area is 104 Å². The number of halogens is 2. The van der Waals surface area contributed by atoms with Gasteiger partial charge in [-0.1, -0.05) is 27.6 Å². The molecule has 4 heteroatoms. The highest BCUT2D eigenvalue weighted by molar-refractivity contribution is 9.09. The minimum Gasteiger partial charge on any atom is -0.338 e. The lowest BCUT2D eigenvalue weighted by Gasteiger charge is -2.20. The lowest BCUT2D eigenvalue weighted by molar-refractivity contribution is 0.0770. The molecule has 0 atom stereocenters. The number of benzene rings is 1. The van der Waals surface area contributed by atoms with E-state index in [1.807, 2.05) is 13.8 Å². The quantitative estimate of drug-likeness (QED) is 0.780. The van der Waals surface area contributed by atoms with Gasteiger partial charge in [-0.15, -0.1) is 0 Å². The molecule has 0 saturated heterocycles. The number of alkyl halides is 1. The fourth-order valence-corrected chi connectivity index (χ4v) is 1.91. The second kappa shape index (κ2) is 5.99. The van der Waals surface area contributed by atoms with Gasteiger partial charge in [0.15, 0.2) is 0 Å². The Kier molecular flexibility index (Phi) is 4.93. The van der Waals surface area contributed by atoms with Gasteiger partial charge in [-0.2, -0.15) is 0 Å². The molecular weight excluding hydrogens is 273 g/mol. The van der Waals surface area contributed by atoms with Crippen molar-refractivity contribution in [3.63, 3.8) is 0 Å². The Hall–Kier alpha value is -0.900. The van der Waals surface area contributed by atoms with Crippen molar-refractivity contribution in [2.45, 2.75) is 13.8 Å². The molecule has 1 aromatic carbocycles. The normalized spacial score (nSPS) is 10.2. The van der Waals surface area contributed by atoms with Crippen molar-refractivity contribution in [1.29, 1.82) is 0 Å². The van der Waals surface area contributed by atoms with Crippen LogP contribution in [-0.4, -0.2) is 29.2 Å². The Morgan fingerprint density at radius 2 is 2.19 bits per heavy atom. The first kappa shape index (κ1) is 13.2. The summed E-state index contributed by atoms with van der Waals surface area (Å²) < 4.78 is 13.5. The smallest absolute Gasteiger partial charge is 0.256 e. The Bertz CT molecular complexity index is 381. The summed E-state index contributed by atoms with van der Waals surface area (Å²) in [6, 6.07) is 4.59. The summed E-state index contributed by atoms with van der Waals surface area (Å²) in [7, 11) is 0. The fourth-order valence-electron chi connectivity index (χ4n) is 1.48. The molecule has 0 N–H and O–H groups in total. The number of carbonyl (C=O) groups is 1. The largest absolute Gasteiger partial charge is 0.338 e. The molecule has 0 bridgehead atoms. The number of nitrogens with zero attached hydrogens (tertiary/aromatic N) is 1. The molecule has 88 valence electrons. The molecule has 0 saturated carbocycles. The third-order valence-corrected chi connectivity index (χ3v) is 2.73. The summed E-state index contributed by atoms with van der Waals surface area (Å²) >= 11 is 3.28. The van der Waals surface area contributed by atoms with E-state index in [4.69, 9.17) is 0 Å². The lowest BCUT2D eigenvalue weighted by atomic mass is 10.1.